The molecular weight excluding hydrogens is 495 g/mol. The molecule has 1 aliphatic rings. The van der Waals surface area contributed by atoms with Crippen LogP contribution >= 0.6 is 0 Å². The van der Waals surface area contributed by atoms with Gasteiger partial charge in [0.2, 0.25) is 17.7 Å². The molecule has 38 heavy (non-hydrogen) atoms. The molecule has 10 nitrogen and oxygen atoms in total. The van der Waals surface area contributed by atoms with Crippen LogP contribution in [0, 0.1) is 12.7 Å². The van der Waals surface area contributed by atoms with E-state index >= 15 is 0 Å². The number of carbonyl (C=O) groups is 2. The van der Waals surface area contributed by atoms with E-state index in [1.54, 1.807) is 17.9 Å². The first-order chi connectivity index (χ1) is 18.1. The van der Waals surface area contributed by atoms with Gasteiger partial charge in [0.25, 0.3) is 0 Å². The van der Waals surface area contributed by atoms with Crippen molar-refractivity contribution < 1.29 is 32.9 Å². The molecule has 3 rings (SSSR count). The number of ether oxygens (including phenoxy) is 4. The maximum atomic E-state index is 14.8. The Morgan fingerprint density at radius 1 is 1.11 bits per heavy atom. The van der Waals surface area contributed by atoms with Crippen molar-refractivity contribution in [2.75, 3.05) is 26.2 Å². The number of likely N-dealkylation sites (tertiary alicyclic amines) is 1. The Balaban J connectivity index is 1.54. The van der Waals surface area contributed by atoms with Gasteiger partial charge in [0.05, 0.1) is 30.8 Å². The van der Waals surface area contributed by atoms with Crippen molar-refractivity contribution in [3.63, 3.8) is 0 Å². The average Bonchev–Trinajstić information content (AvgIpc) is 2.85. The van der Waals surface area contributed by atoms with Crippen molar-refractivity contribution in [2.45, 2.75) is 72.2 Å². The second-order valence-corrected chi connectivity index (χ2v) is 9.66. The Bertz CT molecular complexity index is 1090. The monoisotopic (exact) mass is 532 g/mol. The van der Waals surface area contributed by atoms with E-state index in [0.29, 0.717) is 56.1 Å². The van der Waals surface area contributed by atoms with Crippen LogP contribution in [0.15, 0.2) is 24.5 Å². The molecule has 0 unspecified atom stereocenters. The van der Waals surface area contributed by atoms with Gasteiger partial charge in [-0.2, -0.15) is 0 Å². The number of nitrogens with zero attached hydrogens (tertiary/aromatic N) is 3. The van der Waals surface area contributed by atoms with Crippen molar-refractivity contribution in [1.29, 1.82) is 0 Å². The fourth-order valence-electron chi connectivity index (χ4n) is 3.81. The van der Waals surface area contributed by atoms with Crippen molar-refractivity contribution >= 4 is 12.0 Å². The van der Waals surface area contributed by atoms with E-state index in [9.17, 15) is 14.0 Å². The van der Waals surface area contributed by atoms with Crippen molar-refractivity contribution in [1.82, 2.24) is 20.2 Å². The zero-order chi connectivity index (χ0) is 27.7. The zero-order valence-electron chi connectivity index (χ0n) is 22.7. The summed E-state index contributed by atoms with van der Waals surface area (Å²) in [5.74, 6) is -0.346. The van der Waals surface area contributed by atoms with Crippen LogP contribution in [-0.4, -0.2) is 71.4 Å². The van der Waals surface area contributed by atoms with Gasteiger partial charge in [0.15, 0.2) is 11.6 Å². The van der Waals surface area contributed by atoms with E-state index in [-0.39, 0.29) is 48.4 Å². The van der Waals surface area contributed by atoms with Gasteiger partial charge in [-0.25, -0.2) is 19.2 Å². The average molecular weight is 533 g/mol. The quantitative estimate of drug-likeness (QED) is 0.429. The van der Waals surface area contributed by atoms with Gasteiger partial charge in [-0.3, -0.25) is 4.79 Å². The van der Waals surface area contributed by atoms with Gasteiger partial charge in [-0.1, -0.05) is 6.07 Å². The number of halogens is 1. The van der Waals surface area contributed by atoms with Crippen LogP contribution in [0.4, 0.5) is 9.18 Å². The molecule has 1 aliphatic heterocycles. The van der Waals surface area contributed by atoms with E-state index in [0.717, 1.165) is 0 Å². The van der Waals surface area contributed by atoms with Crippen LogP contribution in [0.2, 0.25) is 0 Å². The summed E-state index contributed by atoms with van der Waals surface area (Å²) in [6, 6.07) is 4.37. The molecule has 208 valence electrons. The summed E-state index contributed by atoms with van der Waals surface area (Å²) < 4.78 is 37.2. The minimum atomic E-state index is -0.612. The number of carbonyl (C=O) groups excluding carboxylic acids is 2. The standard InChI is InChI=1S/C27H37FN4O6/c1-17(2)35-13-10-29-24(33)15-20-6-7-23(22(28)14-20)38-26-19(5)25(30-16-31-26)37-21-8-11-32(12-9-21)27(34)36-18(3)4/h6-7,14,16-18,21H,8-13,15H2,1-5H3,(H,29,33). The van der Waals surface area contributed by atoms with Crippen molar-refractivity contribution in [3.05, 3.63) is 41.5 Å². The molecular formula is C27H37FN4O6. The van der Waals surface area contributed by atoms with E-state index in [2.05, 4.69) is 15.3 Å². The van der Waals surface area contributed by atoms with Gasteiger partial charge in [-0.05, 0) is 52.3 Å². The van der Waals surface area contributed by atoms with Gasteiger partial charge in [0, 0.05) is 32.5 Å². The van der Waals surface area contributed by atoms with E-state index in [4.69, 9.17) is 18.9 Å². The van der Waals surface area contributed by atoms with Crippen LogP contribution in [0.25, 0.3) is 0 Å². The lowest BCUT2D eigenvalue weighted by atomic mass is 10.1. The van der Waals surface area contributed by atoms with Gasteiger partial charge < -0.3 is 29.2 Å². The van der Waals surface area contributed by atoms with Crippen LogP contribution in [0.3, 0.4) is 0 Å². The summed E-state index contributed by atoms with van der Waals surface area (Å²) in [5.41, 5.74) is 1.05. The fourth-order valence-corrected chi connectivity index (χ4v) is 3.81. The van der Waals surface area contributed by atoms with Crippen LogP contribution in [0.1, 0.15) is 51.7 Å². The summed E-state index contributed by atoms with van der Waals surface area (Å²) in [6.45, 7) is 11.1. The van der Waals surface area contributed by atoms with Gasteiger partial charge in [0.1, 0.15) is 12.4 Å². The smallest absolute Gasteiger partial charge is 0.410 e. The molecule has 1 aromatic heterocycles. The third kappa shape index (κ3) is 8.83. The Kier molecular flexibility index (Phi) is 10.6. The third-order valence-corrected chi connectivity index (χ3v) is 5.75. The Morgan fingerprint density at radius 3 is 2.47 bits per heavy atom. The maximum Gasteiger partial charge on any atom is 0.410 e. The molecule has 0 atom stereocenters. The summed E-state index contributed by atoms with van der Waals surface area (Å²) >= 11 is 0. The second kappa shape index (κ2) is 13.9. The zero-order valence-corrected chi connectivity index (χ0v) is 22.7. The maximum absolute atomic E-state index is 14.8. The minimum absolute atomic E-state index is 0.0239. The molecule has 1 fully saturated rings. The van der Waals surface area contributed by atoms with Crippen molar-refractivity contribution in [2.24, 2.45) is 0 Å². The lowest BCUT2D eigenvalue weighted by Crippen LogP contribution is -2.42. The normalized spacial score (nSPS) is 14.1. The number of aromatic nitrogens is 2. The van der Waals surface area contributed by atoms with E-state index in [1.165, 1.54) is 18.5 Å². The molecule has 0 aliphatic carbocycles. The fraction of sp³-hybridized carbons (Fsp3) is 0.556. The highest BCUT2D eigenvalue weighted by Crippen LogP contribution is 2.30. The first-order valence-corrected chi connectivity index (χ1v) is 12.9. The Labute approximate surface area is 222 Å². The topological polar surface area (TPSA) is 112 Å². The number of rotatable bonds is 11. The Hall–Kier alpha value is -3.47. The highest BCUT2D eigenvalue weighted by Gasteiger charge is 2.26. The number of hydrogen-bond donors (Lipinski definition) is 1. The molecule has 0 bridgehead atoms. The number of amides is 2. The first-order valence-electron chi connectivity index (χ1n) is 12.9. The van der Waals surface area contributed by atoms with E-state index < -0.39 is 5.82 Å². The molecule has 0 spiro atoms. The largest absolute Gasteiger partial charge is 0.474 e. The molecule has 2 aromatic rings. The number of benzene rings is 1. The molecule has 1 aromatic carbocycles. The molecule has 2 amide bonds. The molecule has 11 heteroatoms. The van der Waals surface area contributed by atoms with Gasteiger partial charge in [-0.15, -0.1) is 0 Å². The first kappa shape index (κ1) is 29.1. The highest BCUT2D eigenvalue weighted by molar-refractivity contribution is 5.78. The lowest BCUT2D eigenvalue weighted by molar-refractivity contribution is -0.120. The minimum Gasteiger partial charge on any atom is -0.474 e. The number of hydrogen-bond acceptors (Lipinski definition) is 8. The summed E-state index contributed by atoms with van der Waals surface area (Å²) in [5, 5.41) is 2.75. The van der Waals surface area contributed by atoms with Crippen LogP contribution in [-0.2, 0) is 20.7 Å². The summed E-state index contributed by atoms with van der Waals surface area (Å²) in [4.78, 5) is 34.2. The highest BCUT2D eigenvalue weighted by atomic mass is 19.1. The van der Waals surface area contributed by atoms with E-state index in [1.807, 2.05) is 27.7 Å². The molecule has 0 saturated carbocycles. The predicted molar refractivity (Wildman–Crippen MR) is 138 cm³/mol. The van der Waals surface area contributed by atoms with Gasteiger partial charge >= 0.3 is 6.09 Å². The molecule has 0 radical (unpaired) electrons. The molecule has 1 N–H and O–H groups in total. The molecule has 2 heterocycles. The van der Waals surface area contributed by atoms with Crippen molar-refractivity contribution in [3.8, 4) is 17.5 Å². The van der Waals surface area contributed by atoms with Crippen LogP contribution < -0.4 is 14.8 Å². The molecule has 1 saturated heterocycles. The lowest BCUT2D eigenvalue weighted by Gasteiger charge is -2.31. The Morgan fingerprint density at radius 2 is 1.82 bits per heavy atom. The third-order valence-electron chi connectivity index (χ3n) is 5.75. The SMILES string of the molecule is Cc1c(Oc2ccc(CC(=O)NCCOC(C)C)cc2F)ncnc1OC1CCN(C(=O)OC(C)C)CC1. The number of nitrogens with one attached hydrogen (secondary N) is 1. The summed E-state index contributed by atoms with van der Waals surface area (Å²) in [7, 11) is 0. The summed E-state index contributed by atoms with van der Waals surface area (Å²) in [6.07, 6.45) is 2.05. The van der Waals surface area contributed by atoms with Crippen LogP contribution in [0.5, 0.6) is 17.5 Å². The predicted octanol–water partition coefficient (Wildman–Crippen LogP) is 4.19. The number of piperidine rings is 1. The second-order valence-electron chi connectivity index (χ2n) is 9.66.